The fraction of sp³-hybridized carbons (Fsp3) is 0.980. The normalized spacial score (nSPS) is 39.1. The zero-order valence-electron chi connectivity index (χ0n) is 44.6. The minimum Gasteiger partial charge on any atom is -0.469 e. The molecule has 4 aliphatic rings. The Bertz CT molecular complexity index is 1380. The molecule has 19 nitrogen and oxygen atoms in total. The molecule has 0 amide bonds. The van der Waals surface area contributed by atoms with E-state index in [1.807, 2.05) is 27.7 Å². The van der Waals surface area contributed by atoms with E-state index in [1.165, 1.54) is 7.11 Å². The lowest BCUT2D eigenvalue weighted by Crippen LogP contribution is -2.67. The van der Waals surface area contributed by atoms with Crippen molar-refractivity contribution in [3.05, 3.63) is 0 Å². The second-order valence-electron chi connectivity index (χ2n) is 18.8. The molecule has 0 saturated carbocycles. The minimum absolute atomic E-state index is 0.0942. The van der Waals surface area contributed by atoms with Crippen molar-refractivity contribution in [3.8, 4) is 0 Å². The van der Waals surface area contributed by atoms with E-state index in [9.17, 15) is 4.79 Å². The Morgan fingerprint density at radius 1 is 0.377 bits per heavy atom. The lowest BCUT2D eigenvalue weighted by Gasteiger charge is -2.51. The summed E-state index contributed by atoms with van der Waals surface area (Å²) in [5.74, 6) is -0.147. The minimum atomic E-state index is -1.07. The molecule has 0 radical (unpaired) electrons. The molecule has 0 aromatic heterocycles. The van der Waals surface area contributed by atoms with Gasteiger partial charge in [-0.05, 0) is 47.0 Å². The summed E-state index contributed by atoms with van der Waals surface area (Å²) < 4.78 is 113. The van der Waals surface area contributed by atoms with E-state index in [0.29, 0.717) is 6.42 Å². The van der Waals surface area contributed by atoms with E-state index in [4.69, 9.17) is 85.3 Å². The van der Waals surface area contributed by atoms with Crippen molar-refractivity contribution in [2.75, 3.05) is 71.1 Å². The molecular weight excluding hydrogens is 905 g/mol. The van der Waals surface area contributed by atoms with Crippen LogP contribution in [0.15, 0.2) is 0 Å². The monoisotopic (exact) mass is 997 g/mol. The van der Waals surface area contributed by atoms with E-state index in [-0.39, 0.29) is 30.4 Å². The average Bonchev–Trinajstić information content (AvgIpc) is 3.34. The van der Waals surface area contributed by atoms with Crippen LogP contribution in [0.4, 0.5) is 0 Å². The highest BCUT2D eigenvalue weighted by atomic mass is 16.8. The zero-order valence-corrected chi connectivity index (χ0v) is 44.6. The van der Waals surface area contributed by atoms with Crippen molar-refractivity contribution in [1.82, 2.24) is 0 Å². The Hall–Kier alpha value is -1.21. The van der Waals surface area contributed by atoms with Crippen LogP contribution >= 0.6 is 0 Å². The number of hydrogen-bond donors (Lipinski definition) is 0. The Kier molecular flexibility index (Phi) is 27.6. The summed E-state index contributed by atoms with van der Waals surface area (Å²) in [6.07, 6.45) is -0.924. The number of rotatable bonds is 31. The van der Waals surface area contributed by atoms with Crippen molar-refractivity contribution in [2.45, 2.75) is 247 Å². The third-order valence-electron chi connectivity index (χ3n) is 14.3. The van der Waals surface area contributed by atoms with E-state index in [2.05, 4.69) is 6.92 Å². The summed E-state index contributed by atoms with van der Waals surface area (Å²) in [6, 6.07) is 0. The second-order valence-corrected chi connectivity index (χ2v) is 18.8. The highest BCUT2D eigenvalue weighted by Gasteiger charge is 2.57. The highest BCUT2D eigenvalue weighted by molar-refractivity contribution is 5.68. The average molecular weight is 997 g/mol. The van der Waals surface area contributed by atoms with Crippen molar-refractivity contribution >= 4 is 5.97 Å². The first kappa shape index (κ1) is 60.3. The van der Waals surface area contributed by atoms with Gasteiger partial charge in [0.1, 0.15) is 73.2 Å². The Morgan fingerprint density at radius 2 is 0.696 bits per heavy atom. The van der Waals surface area contributed by atoms with Gasteiger partial charge in [-0.3, -0.25) is 4.79 Å². The molecule has 69 heavy (non-hydrogen) atoms. The largest absolute Gasteiger partial charge is 0.469 e. The van der Waals surface area contributed by atoms with Crippen molar-refractivity contribution < 1.29 is 90.1 Å². The Morgan fingerprint density at radius 3 is 1.12 bits per heavy atom. The summed E-state index contributed by atoms with van der Waals surface area (Å²) in [6.45, 7) is 9.84. The summed E-state index contributed by atoms with van der Waals surface area (Å²) in [5, 5.41) is 0. The van der Waals surface area contributed by atoms with Gasteiger partial charge in [-0.25, -0.2) is 0 Å². The predicted molar refractivity (Wildman–Crippen MR) is 252 cm³/mol. The van der Waals surface area contributed by atoms with Crippen LogP contribution in [0.5, 0.6) is 0 Å². The predicted octanol–water partition coefficient (Wildman–Crippen LogP) is 5.91. The molecule has 406 valence electrons. The fourth-order valence-corrected chi connectivity index (χ4v) is 10.5. The number of unbranched alkanes of at least 4 members (excludes halogenated alkanes) is 8. The van der Waals surface area contributed by atoms with E-state index < -0.39 is 105 Å². The summed E-state index contributed by atoms with van der Waals surface area (Å²) in [4.78, 5) is 11.5. The number of methoxy groups -OCH3 is 10. The molecule has 0 aromatic rings. The molecule has 4 aliphatic heterocycles. The van der Waals surface area contributed by atoms with Crippen LogP contribution in [0.25, 0.3) is 0 Å². The maximum absolute atomic E-state index is 11.5. The quantitative estimate of drug-likeness (QED) is 0.0590. The first-order chi connectivity index (χ1) is 33.3. The van der Waals surface area contributed by atoms with Gasteiger partial charge in [0.25, 0.3) is 0 Å². The van der Waals surface area contributed by atoms with E-state index in [1.54, 1.807) is 64.0 Å². The number of carbonyl (C=O) groups is 1. The molecule has 4 heterocycles. The van der Waals surface area contributed by atoms with Gasteiger partial charge in [0.15, 0.2) is 25.2 Å². The van der Waals surface area contributed by atoms with Gasteiger partial charge >= 0.3 is 5.97 Å². The van der Waals surface area contributed by atoms with Gasteiger partial charge in [-0.1, -0.05) is 64.7 Å². The van der Waals surface area contributed by atoms with Crippen LogP contribution in [0, 0.1) is 0 Å². The number of ether oxygens (including phenoxy) is 18. The topological polar surface area (TPSA) is 183 Å². The summed E-state index contributed by atoms with van der Waals surface area (Å²) in [7, 11) is 15.9. The molecule has 4 saturated heterocycles. The van der Waals surface area contributed by atoms with Crippen LogP contribution in [0.1, 0.15) is 118 Å². The van der Waals surface area contributed by atoms with Gasteiger partial charge < -0.3 is 85.3 Å². The lowest BCUT2D eigenvalue weighted by molar-refractivity contribution is -0.401. The molecule has 0 aromatic carbocycles. The maximum atomic E-state index is 11.5. The third-order valence-corrected chi connectivity index (χ3v) is 14.3. The van der Waals surface area contributed by atoms with E-state index in [0.717, 1.165) is 77.0 Å². The molecule has 21 atom stereocenters. The SMILES string of the molecule is CCCCC[C@H](CCCCCCCCCC(=O)OC)O[C@@H]1O[C@H](C)[C@@H](OC)[C@H](OC)[C@H]1O[C@@H]1O[C@H](C)[C@@H](OC)[C@H](OC)[C@H]1O[C@@H]1O[C@@H](C)[C@H](O[C@@H]2O[C@H](C)[C@H](OC)[C@H](OC)[C@H]2OC)[C@@H](OC)[C@H]1OC. The summed E-state index contributed by atoms with van der Waals surface area (Å²) in [5.41, 5.74) is 0. The van der Waals surface area contributed by atoms with E-state index >= 15 is 0 Å². The van der Waals surface area contributed by atoms with Crippen LogP contribution in [-0.4, -0.2) is 206 Å². The van der Waals surface area contributed by atoms with Gasteiger partial charge in [-0.2, -0.15) is 0 Å². The van der Waals surface area contributed by atoms with Gasteiger partial charge in [0.2, 0.25) is 0 Å². The van der Waals surface area contributed by atoms with Crippen LogP contribution in [-0.2, 0) is 90.1 Å². The highest BCUT2D eigenvalue weighted by Crippen LogP contribution is 2.39. The fourth-order valence-electron chi connectivity index (χ4n) is 10.5. The molecule has 4 rings (SSSR count). The van der Waals surface area contributed by atoms with Crippen LogP contribution in [0.3, 0.4) is 0 Å². The maximum Gasteiger partial charge on any atom is 0.305 e. The van der Waals surface area contributed by atoms with Gasteiger partial charge in [0.05, 0.1) is 37.6 Å². The Balaban J connectivity index is 1.58. The molecular formula is C50H92O19. The molecule has 0 N–H and O–H groups in total. The number of esters is 1. The van der Waals surface area contributed by atoms with Gasteiger partial charge in [-0.15, -0.1) is 0 Å². The van der Waals surface area contributed by atoms with Crippen molar-refractivity contribution in [3.63, 3.8) is 0 Å². The molecule has 0 unspecified atom stereocenters. The second kappa shape index (κ2) is 31.5. The third kappa shape index (κ3) is 16.1. The summed E-state index contributed by atoms with van der Waals surface area (Å²) >= 11 is 0. The number of hydrogen-bond acceptors (Lipinski definition) is 19. The lowest BCUT2D eigenvalue weighted by atomic mass is 9.95. The Labute approximate surface area is 413 Å². The molecule has 19 heteroatoms. The molecule has 0 aliphatic carbocycles. The number of carbonyl (C=O) groups excluding carboxylic acids is 1. The molecule has 4 fully saturated rings. The molecule has 0 spiro atoms. The smallest absolute Gasteiger partial charge is 0.305 e. The van der Waals surface area contributed by atoms with Crippen molar-refractivity contribution in [1.29, 1.82) is 0 Å². The molecule has 0 bridgehead atoms. The standard InChI is InChI=1S/C50H92O19/c1-16-17-23-26-33(27-24-21-19-18-20-22-25-28-34(51)52-6)66-49-45(40(57-11)36(54-8)30(3)63-49)69-50-46(41(58-12)37(55-9)31(4)64-50)68-48-44(61-15)42(59-13)38(32(5)65-48)67-47-43(60-14)39(56-10)35(53-7)29(2)62-47/h29-33,35-50H,16-28H2,1-15H3/t29-,30-,31-,32+,33-,35+,36-,37-,38+,39+,40+,41+,42-,43-,44-,45-,46-,47+,48+,49+,50+/m1/s1. The van der Waals surface area contributed by atoms with Crippen molar-refractivity contribution in [2.24, 2.45) is 0 Å². The first-order valence-electron chi connectivity index (χ1n) is 25.4. The van der Waals surface area contributed by atoms with Gasteiger partial charge in [0, 0.05) is 70.4 Å². The first-order valence-corrected chi connectivity index (χ1v) is 25.4. The zero-order chi connectivity index (χ0) is 50.6. The van der Waals surface area contributed by atoms with Crippen LogP contribution < -0.4 is 0 Å². The van der Waals surface area contributed by atoms with Crippen LogP contribution in [0.2, 0.25) is 0 Å².